The second kappa shape index (κ2) is 5.86. The molecule has 8 heteroatoms. The van der Waals surface area contributed by atoms with Crippen molar-refractivity contribution in [1.82, 2.24) is 9.78 Å². The lowest BCUT2D eigenvalue weighted by Crippen LogP contribution is -2.24. The summed E-state index contributed by atoms with van der Waals surface area (Å²) in [4.78, 5) is 11.9. The molecule has 1 aromatic carbocycles. The molecule has 1 amide bonds. The summed E-state index contributed by atoms with van der Waals surface area (Å²) in [6.45, 7) is -2.93. The van der Waals surface area contributed by atoms with E-state index in [-0.39, 0.29) is 29.7 Å². The lowest BCUT2D eigenvalue weighted by Gasteiger charge is -2.24. The number of hydrogen-bond donors (Lipinski definition) is 1. The zero-order valence-corrected chi connectivity index (χ0v) is 12.5. The Kier molecular flexibility index (Phi) is 3.89. The Morgan fingerprint density at radius 2 is 2.17 bits per heavy atom. The molecule has 1 aliphatic rings. The zero-order chi connectivity index (χ0) is 16.6. The number of rotatable bonds is 4. The number of anilines is 1. The number of carbonyl (C=O) groups is 1. The summed E-state index contributed by atoms with van der Waals surface area (Å²) in [6.07, 6.45) is 1.94. The van der Waals surface area contributed by atoms with E-state index in [1.807, 2.05) is 0 Å². The molecule has 2 aromatic rings. The fraction of sp³-hybridized carbons (Fsp3) is 0.333. The number of methoxy groups -OCH3 is 1. The van der Waals surface area contributed by atoms with Gasteiger partial charge >= 0.3 is 6.61 Å². The van der Waals surface area contributed by atoms with Crippen LogP contribution in [0.25, 0.3) is 0 Å². The number of benzene rings is 1. The number of alkyl halides is 2. The second-order valence-electron chi connectivity index (χ2n) is 5.17. The summed E-state index contributed by atoms with van der Waals surface area (Å²) in [5.74, 6) is 0.440. The predicted molar refractivity (Wildman–Crippen MR) is 77.9 cm³/mol. The summed E-state index contributed by atoms with van der Waals surface area (Å²) in [5.41, 5.74) is 1.64. The van der Waals surface area contributed by atoms with Crippen molar-refractivity contribution in [3.63, 3.8) is 0 Å². The second-order valence-corrected chi connectivity index (χ2v) is 5.17. The normalized spacial score (nSPS) is 16.9. The van der Waals surface area contributed by atoms with Gasteiger partial charge in [-0.25, -0.2) is 0 Å². The molecule has 1 N–H and O–H groups in total. The largest absolute Gasteiger partial charge is 0.493 e. The summed E-state index contributed by atoms with van der Waals surface area (Å²) in [5, 5.41) is 6.94. The van der Waals surface area contributed by atoms with Gasteiger partial charge < -0.3 is 14.8 Å². The first kappa shape index (κ1) is 15.3. The van der Waals surface area contributed by atoms with E-state index in [9.17, 15) is 13.6 Å². The summed E-state index contributed by atoms with van der Waals surface area (Å²) in [7, 11) is 3.11. The molecule has 0 aliphatic carbocycles. The number of halogens is 2. The highest BCUT2D eigenvalue weighted by atomic mass is 19.3. The van der Waals surface area contributed by atoms with Crippen molar-refractivity contribution >= 4 is 11.7 Å². The highest BCUT2D eigenvalue weighted by Gasteiger charge is 2.30. The van der Waals surface area contributed by atoms with E-state index in [1.165, 1.54) is 13.2 Å². The number of aryl methyl sites for hydroxylation is 1. The lowest BCUT2D eigenvalue weighted by atomic mass is 9.87. The van der Waals surface area contributed by atoms with E-state index in [0.717, 1.165) is 11.1 Å². The molecular weight excluding hydrogens is 308 g/mol. The third kappa shape index (κ3) is 2.84. The minimum atomic E-state index is -2.93. The molecular formula is C15H15F2N3O3. The number of carbonyl (C=O) groups excluding carboxylic acids is 1. The number of ether oxygens (including phenoxy) is 2. The third-order valence-corrected chi connectivity index (χ3v) is 3.80. The quantitative estimate of drug-likeness (QED) is 0.939. The van der Waals surface area contributed by atoms with Crippen molar-refractivity contribution in [2.75, 3.05) is 12.4 Å². The van der Waals surface area contributed by atoms with Crippen LogP contribution in [0.15, 0.2) is 24.4 Å². The highest BCUT2D eigenvalue weighted by Crippen LogP contribution is 2.40. The van der Waals surface area contributed by atoms with Crippen LogP contribution in [0, 0.1) is 0 Å². The molecule has 6 nitrogen and oxygen atoms in total. The van der Waals surface area contributed by atoms with E-state index in [1.54, 1.807) is 30.1 Å². The lowest BCUT2D eigenvalue weighted by molar-refractivity contribution is -0.116. The molecule has 0 saturated heterocycles. The summed E-state index contributed by atoms with van der Waals surface area (Å²) in [6, 6.07) is 4.68. The molecule has 23 heavy (non-hydrogen) atoms. The van der Waals surface area contributed by atoms with Crippen LogP contribution in [0.1, 0.15) is 23.5 Å². The topological polar surface area (TPSA) is 65.4 Å². The van der Waals surface area contributed by atoms with E-state index >= 15 is 0 Å². The Balaban J connectivity index is 2.00. The van der Waals surface area contributed by atoms with E-state index in [2.05, 4.69) is 15.2 Å². The average molecular weight is 323 g/mol. The van der Waals surface area contributed by atoms with Gasteiger partial charge in [-0.2, -0.15) is 13.9 Å². The molecule has 1 aliphatic heterocycles. The van der Waals surface area contributed by atoms with Crippen LogP contribution >= 0.6 is 0 Å². The van der Waals surface area contributed by atoms with Gasteiger partial charge in [0.25, 0.3) is 0 Å². The molecule has 0 unspecified atom stereocenters. The Bertz CT molecular complexity index is 746. The van der Waals surface area contributed by atoms with Gasteiger partial charge in [0.05, 0.1) is 13.3 Å². The van der Waals surface area contributed by atoms with Gasteiger partial charge in [-0.1, -0.05) is 6.07 Å². The van der Waals surface area contributed by atoms with E-state index < -0.39 is 6.61 Å². The maximum absolute atomic E-state index is 12.4. The molecule has 2 heterocycles. The van der Waals surface area contributed by atoms with Crippen molar-refractivity contribution in [3.05, 3.63) is 35.5 Å². The maximum atomic E-state index is 12.4. The van der Waals surface area contributed by atoms with Crippen LogP contribution in [0.3, 0.4) is 0 Å². The van der Waals surface area contributed by atoms with Crippen molar-refractivity contribution in [1.29, 1.82) is 0 Å². The van der Waals surface area contributed by atoms with Crippen LogP contribution < -0.4 is 14.8 Å². The van der Waals surface area contributed by atoms with Crippen molar-refractivity contribution < 1.29 is 23.0 Å². The number of nitrogens with one attached hydrogen (secondary N) is 1. The van der Waals surface area contributed by atoms with Gasteiger partial charge in [-0.15, -0.1) is 0 Å². The van der Waals surface area contributed by atoms with Crippen molar-refractivity contribution in [2.24, 2.45) is 7.05 Å². The molecule has 0 fully saturated rings. The minimum Gasteiger partial charge on any atom is -0.493 e. The summed E-state index contributed by atoms with van der Waals surface area (Å²) < 4.78 is 35.9. The van der Waals surface area contributed by atoms with Gasteiger partial charge in [-0.3, -0.25) is 9.48 Å². The standard InChI is InChI=1S/C15H15F2N3O3/c1-20-14-10(7-18-20)9(6-13(21)19-14)8-3-4-11(23-15(16)17)12(5-8)22-2/h3-5,7,9,15H,6H2,1-2H3,(H,19,21)/t9-/m0/s1. The van der Waals surface area contributed by atoms with Crippen LogP contribution in [-0.2, 0) is 11.8 Å². The number of hydrogen-bond acceptors (Lipinski definition) is 4. The smallest absolute Gasteiger partial charge is 0.387 e. The van der Waals surface area contributed by atoms with Crippen molar-refractivity contribution in [3.8, 4) is 11.5 Å². The number of nitrogens with zero attached hydrogens (tertiary/aromatic N) is 2. The third-order valence-electron chi connectivity index (χ3n) is 3.80. The number of aromatic nitrogens is 2. The molecule has 0 bridgehead atoms. The maximum Gasteiger partial charge on any atom is 0.387 e. The Hall–Kier alpha value is -2.64. The molecule has 0 spiro atoms. The Morgan fingerprint density at radius 3 is 2.87 bits per heavy atom. The van der Waals surface area contributed by atoms with Gasteiger partial charge in [-0.05, 0) is 17.7 Å². The molecule has 122 valence electrons. The SMILES string of the molecule is COc1cc([C@@H]2CC(=O)Nc3c2cnn3C)ccc1OC(F)F. The van der Waals surface area contributed by atoms with E-state index in [4.69, 9.17) is 4.74 Å². The average Bonchev–Trinajstić information content (AvgIpc) is 2.88. The summed E-state index contributed by atoms with van der Waals surface area (Å²) >= 11 is 0. The first-order valence-corrected chi connectivity index (χ1v) is 6.94. The molecule has 0 saturated carbocycles. The fourth-order valence-corrected chi connectivity index (χ4v) is 2.73. The van der Waals surface area contributed by atoms with Crippen molar-refractivity contribution in [2.45, 2.75) is 19.0 Å². The first-order chi connectivity index (χ1) is 11.0. The fourth-order valence-electron chi connectivity index (χ4n) is 2.73. The first-order valence-electron chi connectivity index (χ1n) is 6.94. The minimum absolute atomic E-state index is 0.0436. The van der Waals surface area contributed by atoms with Crippen LogP contribution in [-0.4, -0.2) is 29.4 Å². The highest BCUT2D eigenvalue weighted by molar-refractivity contribution is 5.94. The Labute approximate surface area is 131 Å². The van der Waals surface area contributed by atoms with E-state index in [0.29, 0.717) is 5.82 Å². The molecule has 1 aromatic heterocycles. The van der Waals surface area contributed by atoms with Gasteiger partial charge in [0.15, 0.2) is 11.5 Å². The Morgan fingerprint density at radius 1 is 1.39 bits per heavy atom. The number of amides is 1. The van der Waals surface area contributed by atoms with Gasteiger partial charge in [0.2, 0.25) is 5.91 Å². The molecule has 1 atom stereocenters. The molecule has 3 rings (SSSR count). The van der Waals surface area contributed by atoms with Crippen LogP contribution in [0.5, 0.6) is 11.5 Å². The zero-order valence-electron chi connectivity index (χ0n) is 12.5. The van der Waals surface area contributed by atoms with Crippen LogP contribution in [0.4, 0.5) is 14.6 Å². The van der Waals surface area contributed by atoms with Gasteiger partial charge in [0.1, 0.15) is 5.82 Å². The molecule has 0 radical (unpaired) electrons. The van der Waals surface area contributed by atoms with Crippen LogP contribution in [0.2, 0.25) is 0 Å². The number of fused-ring (bicyclic) bond motifs is 1. The predicted octanol–water partition coefficient (Wildman–Crippen LogP) is 2.50. The monoisotopic (exact) mass is 323 g/mol. The van der Waals surface area contributed by atoms with Gasteiger partial charge in [0, 0.05) is 24.9 Å².